The summed E-state index contributed by atoms with van der Waals surface area (Å²) in [5, 5.41) is 11.8. The van der Waals surface area contributed by atoms with Crippen LogP contribution in [0, 0.1) is 40.4 Å². The average Bonchev–Trinajstić information content (AvgIpc) is 3.00. The Hall–Kier alpha value is -1.43. The summed E-state index contributed by atoms with van der Waals surface area (Å²) < 4.78 is 11.9. The van der Waals surface area contributed by atoms with E-state index in [0.717, 1.165) is 38.5 Å². The first kappa shape index (κ1) is 25.7. The Kier molecular flexibility index (Phi) is 6.72. The standard InChI is InChI=1S/C28H44O6/c1-7-23(30)33-19-11-12-26(5)18(14-19)9-10-20-21-13-16(3)28(32,17(4)29)27(21,6)15-22(25(20)26)34-24(31)8-2/h16,18-22,25,32H,7-15H2,1-6H3/t16-,18+,19?,20?,21?,22-,25?,26?,27?,28+/m1/s1. The quantitative estimate of drug-likeness (QED) is 0.571. The van der Waals surface area contributed by atoms with Crippen molar-refractivity contribution in [3.63, 3.8) is 0 Å². The van der Waals surface area contributed by atoms with Gasteiger partial charge in [0.1, 0.15) is 17.8 Å². The van der Waals surface area contributed by atoms with Crippen molar-refractivity contribution in [2.24, 2.45) is 40.4 Å². The van der Waals surface area contributed by atoms with Crippen LogP contribution in [-0.4, -0.2) is 40.6 Å². The summed E-state index contributed by atoms with van der Waals surface area (Å²) in [6, 6.07) is 0. The van der Waals surface area contributed by atoms with E-state index >= 15 is 0 Å². The van der Waals surface area contributed by atoms with Crippen molar-refractivity contribution in [2.45, 2.75) is 117 Å². The van der Waals surface area contributed by atoms with Crippen molar-refractivity contribution in [3.8, 4) is 0 Å². The molecule has 0 aromatic rings. The molecule has 4 rings (SSSR count). The molecule has 0 spiro atoms. The molecule has 4 fully saturated rings. The molecule has 1 N–H and O–H groups in total. The van der Waals surface area contributed by atoms with Gasteiger partial charge < -0.3 is 14.6 Å². The van der Waals surface area contributed by atoms with E-state index in [0.29, 0.717) is 31.1 Å². The van der Waals surface area contributed by atoms with Gasteiger partial charge in [0.05, 0.1) is 0 Å². The van der Waals surface area contributed by atoms with Crippen LogP contribution in [0.25, 0.3) is 0 Å². The summed E-state index contributed by atoms with van der Waals surface area (Å²) in [4.78, 5) is 37.3. The van der Waals surface area contributed by atoms with Crippen molar-refractivity contribution in [3.05, 3.63) is 0 Å². The smallest absolute Gasteiger partial charge is 0.305 e. The van der Waals surface area contributed by atoms with Gasteiger partial charge >= 0.3 is 11.9 Å². The summed E-state index contributed by atoms with van der Waals surface area (Å²) in [6.07, 6.45) is 6.44. The molecule has 192 valence electrons. The first-order valence-electron chi connectivity index (χ1n) is 13.5. The van der Waals surface area contributed by atoms with Crippen molar-refractivity contribution >= 4 is 17.7 Å². The lowest BCUT2D eigenvalue weighted by Gasteiger charge is -2.63. The van der Waals surface area contributed by atoms with E-state index in [1.165, 1.54) is 6.92 Å². The molecular weight excluding hydrogens is 432 g/mol. The summed E-state index contributed by atoms with van der Waals surface area (Å²) >= 11 is 0. The molecule has 4 saturated carbocycles. The third-order valence-corrected chi connectivity index (χ3v) is 10.8. The Morgan fingerprint density at radius 2 is 1.62 bits per heavy atom. The first-order chi connectivity index (χ1) is 15.9. The molecule has 0 aromatic heterocycles. The minimum absolute atomic E-state index is 0.0157. The van der Waals surface area contributed by atoms with Gasteiger partial charge in [-0.25, -0.2) is 0 Å². The highest BCUT2D eigenvalue weighted by molar-refractivity contribution is 5.86. The molecule has 34 heavy (non-hydrogen) atoms. The van der Waals surface area contributed by atoms with E-state index in [9.17, 15) is 19.5 Å². The number of Topliss-reactive ketones (excluding diaryl/α,β-unsaturated/α-hetero) is 1. The van der Waals surface area contributed by atoms with Crippen LogP contribution in [0.3, 0.4) is 0 Å². The van der Waals surface area contributed by atoms with Crippen LogP contribution in [-0.2, 0) is 23.9 Å². The third-order valence-electron chi connectivity index (χ3n) is 10.8. The second kappa shape index (κ2) is 8.90. The molecule has 6 unspecified atom stereocenters. The molecule has 4 aliphatic rings. The molecule has 4 aliphatic carbocycles. The number of fused-ring (bicyclic) bond motifs is 5. The summed E-state index contributed by atoms with van der Waals surface area (Å²) in [6.45, 7) is 11.6. The van der Waals surface area contributed by atoms with Gasteiger partial charge in [0.25, 0.3) is 0 Å². The van der Waals surface area contributed by atoms with E-state index in [2.05, 4.69) is 13.8 Å². The van der Waals surface area contributed by atoms with E-state index in [-0.39, 0.29) is 53.1 Å². The number of carbonyl (C=O) groups is 3. The second-order valence-corrected chi connectivity index (χ2v) is 12.3. The molecule has 0 bridgehead atoms. The Morgan fingerprint density at radius 3 is 2.24 bits per heavy atom. The number of esters is 2. The fourth-order valence-electron chi connectivity index (χ4n) is 9.13. The van der Waals surface area contributed by atoms with Crippen LogP contribution in [0.15, 0.2) is 0 Å². The molecule has 10 atom stereocenters. The Balaban J connectivity index is 1.69. The Bertz CT molecular complexity index is 839. The number of carbonyl (C=O) groups excluding carboxylic acids is 3. The van der Waals surface area contributed by atoms with Gasteiger partial charge in [-0.15, -0.1) is 0 Å². The third kappa shape index (κ3) is 3.65. The summed E-state index contributed by atoms with van der Waals surface area (Å²) in [7, 11) is 0. The van der Waals surface area contributed by atoms with Crippen molar-refractivity contribution < 1.29 is 29.0 Å². The Morgan fingerprint density at radius 1 is 0.971 bits per heavy atom. The van der Waals surface area contributed by atoms with Crippen LogP contribution in [0.5, 0.6) is 0 Å². The maximum Gasteiger partial charge on any atom is 0.305 e. The van der Waals surface area contributed by atoms with Crippen molar-refractivity contribution in [1.29, 1.82) is 0 Å². The SMILES string of the molecule is CCC(=O)OC1CCC2(C)C3C(CC[C@H]2C1)C1C[C@@H](C)[C@](O)(C(C)=O)C1(C)C[C@H]3OC(=O)CC. The highest BCUT2D eigenvalue weighted by Crippen LogP contribution is 2.69. The molecular formula is C28H44O6. The zero-order valence-corrected chi connectivity index (χ0v) is 21.9. The fourth-order valence-corrected chi connectivity index (χ4v) is 9.13. The van der Waals surface area contributed by atoms with Crippen molar-refractivity contribution in [2.75, 3.05) is 0 Å². The topological polar surface area (TPSA) is 89.9 Å². The average molecular weight is 477 g/mol. The maximum atomic E-state index is 12.8. The lowest BCUT2D eigenvalue weighted by Crippen LogP contribution is -2.64. The van der Waals surface area contributed by atoms with Gasteiger partial charge in [-0.3, -0.25) is 14.4 Å². The van der Waals surface area contributed by atoms with E-state index in [1.807, 2.05) is 20.8 Å². The van der Waals surface area contributed by atoms with E-state index in [1.54, 1.807) is 0 Å². The van der Waals surface area contributed by atoms with Gasteiger partial charge in [-0.1, -0.05) is 34.6 Å². The van der Waals surface area contributed by atoms with Crippen LogP contribution >= 0.6 is 0 Å². The van der Waals surface area contributed by atoms with E-state index in [4.69, 9.17) is 9.47 Å². The molecule has 6 heteroatoms. The fraction of sp³-hybridized carbons (Fsp3) is 0.893. The molecule has 0 saturated heterocycles. The minimum Gasteiger partial charge on any atom is -0.462 e. The number of rotatable bonds is 5. The number of aliphatic hydroxyl groups is 1. The number of ether oxygens (including phenoxy) is 2. The molecule has 0 aromatic carbocycles. The van der Waals surface area contributed by atoms with Crippen LogP contribution in [0.2, 0.25) is 0 Å². The molecule has 0 heterocycles. The molecule has 0 aliphatic heterocycles. The molecule has 6 nitrogen and oxygen atoms in total. The normalized spacial score (nSPS) is 47.7. The number of hydrogen-bond donors (Lipinski definition) is 1. The largest absolute Gasteiger partial charge is 0.462 e. The van der Waals surface area contributed by atoms with Crippen LogP contribution in [0.1, 0.15) is 99.3 Å². The highest BCUT2D eigenvalue weighted by Gasteiger charge is 2.71. The zero-order chi connectivity index (χ0) is 25.1. The van der Waals surface area contributed by atoms with Gasteiger partial charge in [0, 0.05) is 24.2 Å². The predicted molar refractivity (Wildman–Crippen MR) is 128 cm³/mol. The number of hydrogen-bond acceptors (Lipinski definition) is 6. The van der Waals surface area contributed by atoms with Gasteiger partial charge in [0.15, 0.2) is 5.78 Å². The lowest BCUT2D eigenvalue weighted by molar-refractivity contribution is -0.216. The molecule has 0 radical (unpaired) electrons. The maximum absolute atomic E-state index is 12.8. The predicted octanol–water partition coefficient (Wildman–Crippen LogP) is 4.85. The lowest BCUT2D eigenvalue weighted by atomic mass is 9.43. The molecule has 0 amide bonds. The highest BCUT2D eigenvalue weighted by atomic mass is 16.5. The minimum atomic E-state index is -1.39. The van der Waals surface area contributed by atoms with Gasteiger partial charge in [0.2, 0.25) is 0 Å². The first-order valence-corrected chi connectivity index (χ1v) is 13.5. The van der Waals surface area contributed by atoms with Crippen LogP contribution < -0.4 is 0 Å². The van der Waals surface area contributed by atoms with Gasteiger partial charge in [-0.05, 0) is 81.0 Å². The summed E-state index contributed by atoms with van der Waals surface area (Å²) in [5.74, 6) is 0.525. The monoisotopic (exact) mass is 476 g/mol. The van der Waals surface area contributed by atoms with Crippen molar-refractivity contribution in [1.82, 2.24) is 0 Å². The van der Waals surface area contributed by atoms with Gasteiger partial charge in [-0.2, -0.15) is 0 Å². The summed E-state index contributed by atoms with van der Waals surface area (Å²) in [5.41, 5.74) is -2.00. The Labute approximate surface area is 204 Å². The van der Waals surface area contributed by atoms with E-state index < -0.39 is 11.0 Å². The zero-order valence-electron chi connectivity index (χ0n) is 21.9. The second-order valence-electron chi connectivity index (χ2n) is 12.3. The van der Waals surface area contributed by atoms with Crippen LogP contribution in [0.4, 0.5) is 0 Å². The number of ketones is 1.